The van der Waals surface area contributed by atoms with E-state index in [-0.39, 0.29) is 38.3 Å². The van der Waals surface area contributed by atoms with Gasteiger partial charge >= 0.3 is 5.97 Å². The fourth-order valence-corrected chi connectivity index (χ4v) is 9.44. The van der Waals surface area contributed by atoms with Gasteiger partial charge in [0.2, 0.25) is 41.4 Å². The van der Waals surface area contributed by atoms with Gasteiger partial charge in [-0.05, 0) is 43.7 Å². The number of carbonyl (C=O) groups excluding carboxylic acids is 7. The molecule has 7 atom stereocenters. The van der Waals surface area contributed by atoms with Crippen LogP contribution in [0.15, 0.2) is 35.5 Å². The van der Waals surface area contributed by atoms with E-state index in [9.17, 15) is 51.9 Å². The van der Waals surface area contributed by atoms with Gasteiger partial charge in [-0.1, -0.05) is 18.2 Å². The summed E-state index contributed by atoms with van der Waals surface area (Å²) < 4.78 is 26.0. The number of hydrogen-bond donors (Lipinski definition) is 10. The minimum Gasteiger partial charge on any atom is -0.481 e. The molecule has 24 heteroatoms. The lowest BCUT2D eigenvalue weighted by atomic mass is 10.0. The smallest absolute Gasteiger partial charge is 0.305 e. The molecule has 322 valence electrons. The van der Waals surface area contributed by atoms with E-state index in [1.807, 2.05) is 0 Å². The second-order valence-corrected chi connectivity index (χ2v) is 18.1. The highest BCUT2D eigenvalue weighted by molar-refractivity contribution is 8.61. The van der Waals surface area contributed by atoms with E-state index in [1.165, 1.54) is 4.90 Å². The summed E-state index contributed by atoms with van der Waals surface area (Å²) in [6.45, 7) is -0.498. The lowest BCUT2D eigenvalue weighted by Crippen LogP contribution is -2.59. The third kappa shape index (κ3) is 13.6. The highest BCUT2D eigenvalue weighted by Gasteiger charge is 2.40. The molecule has 0 aliphatic carbocycles. The molecule has 59 heavy (non-hydrogen) atoms. The Morgan fingerprint density at radius 3 is 2.31 bits per heavy atom. The number of carbonyl (C=O) groups is 8. The molecule has 2 fully saturated rings. The Balaban J connectivity index is 1.66. The maximum atomic E-state index is 14.3. The molecule has 2 aliphatic rings. The molecule has 22 nitrogen and oxygen atoms in total. The standard InChI is InChI=1S/C35H49N11O11S2/c36-30(51)25-18-59(57)58(56)13-10-27(47)42-22(8-3-4-11-39-35(37)38)31(52)41-17-28(48)43-23(15-29(49)50)32(53)44-24(14-19-16-40-21-7-2-1-6-20(19)21)34(55)46-12-5-9-26(46)33(54)45-25/h1-2,6-7,16,22-26,40H,3-5,8-15,17-18H2,(H2,36,51)(H,41,52)(H,42,47)(H,43,48)(H,44,53)(H,45,54)(H,49,50)(H4,37,38,39)/t22-,23-,24-,25-,26-,58?,59?/m0/s1. The second kappa shape index (κ2) is 21.7. The van der Waals surface area contributed by atoms with Crippen LogP contribution >= 0.6 is 0 Å². The Morgan fingerprint density at radius 1 is 0.864 bits per heavy atom. The van der Waals surface area contributed by atoms with Crippen LogP contribution in [-0.2, 0) is 64.4 Å². The number of aliphatic carboxylic acids is 1. The zero-order valence-corrected chi connectivity index (χ0v) is 33.6. The van der Waals surface area contributed by atoms with Gasteiger partial charge in [0.15, 0.2) is 5.96 Å². The number of fused-ring (bicyclic) bond motifs is 2. The number of guanidine groups is 1. The third-order valence-electron chi connectivity index (χ3n) is 9.52. The van der Waals surface area contributed by atoms with E-state index in [0.29, 0.717) is 30.2 Å². The number of primary amides is 1. The Labute approximate surface area is 342 Å². The average Bonchev–Trinajstić information content (AvgIpc) is 3.84. The van der Waals surface area contributed by atoms with Crippen molar-refractivity contribution in [1.82, 2.24) is 36.5 Å². The van der Waals surface area contributed by atoms with Crippen LogP contribution in [-0.4, -0.2) is 138 Å². The Kier molecular flexibility index (Phi) is 16.9. The highest BCUT2D eigenvalue weighted by Crippen LogP contribution is 2.23. The number of nitrogens with two attached hydrogens (primary N) is 3. The maximum Gasteiger partial charge on any atom is 0.305 e. The zero-order valence-electron chi connectivity index (χ0n) is 31.9. The number of H-pyrrole nitrogens is 1. The van der Waals surface area contributed by atoms with Crippen LogP contribution in [0.5, 0.6) is 0 Å². The van der Waals surface area contributed by atoms with E-state index in [1.54, 1.807) is 30.5 Å². The number of carboxylic acids is 1. The summed E-state index contributed by atoms with van der Waals surface area (Å²) in [4.78, 5) is 114. The molecule has 2 aromatic rings. The predicted molar refractivity (Wildman–Crippen MR) is 214 cm³/mol. The van der Waals surface area contributed by atoms with Crippen molar-refractivity contribution in [2.24, 2.45) is 22.2 Å². The largest absolute Gasteiger partial charge is 0.481 e. The predicted octanol–water partition coefficient (Wildman–Crippen LogP) is -4.02. The van der Waals surface area contributed by atoms with Gasteiger partial charge in [0.05, 0.1) is 18.7 Å². The van der Waals surface area contributed by atoms with E-state index in [2.05, 4.69) is 36.6 Å². The Bertz CT molecular complexity index is 2000. The van der Waals surface area contributed by atoms with Crippen molar-refractivity contribution >= 4 is 83.8 Å². The number of aliphatic imine (C=N–C) groups is 1. The van der Waals surface area contributed by atoms with Crippen molar-refractivity contribution in [3.05, 3.63) is 36.0 Å². The van der Waals surface area contributed by atoms with Gasteiger partial charge in [-0.25, -0.2) is 8.42 Å². The lowest BCUT2D eigenvalue weighted by molar-refractivity contribution is -0.143. The third-order valence-corrected chi connectivity index (χ3v) is 13.2. The van der Waals surface area contributed by atoms with Gasteiger partial charge in [0.1, 0.15) is 49.9 Å². The number of benzene rings is 1. The number of aromatic nitrogens is 1. The van der Waals surface area contributed by atoms with E-state index in [4.69, 9.17) is 17.2 Å². The first-order valence-electron chi connectivity index (χ1n) is 18.7. The molecule has 2 aliphatic heterocycles. The fraction of sp³-hybridized carbons (Fsp3) is 0.514. The summed E-state index contributed by atoms with van der Waals surface area (Å²) in [6.07, 6.45) is 1.29. The summed E-state index contributed by atoms with van der Waals surface area (Å²) in [5, 5.41) is 22.4. The lowest BCUT2D eigenvalue weighted by Gasteiger charge is -2.30. The molecule has 7 amide bonds. The number of aromatic amines is 1. The van der Waals surface area contributed by atoms with Crippen molar-refractivity contribution in [2.75, 3.05) is 31.1 Å². The zero-order chi connectivity index (χ0) is 43.2. The molecule has 0 saturated carbocycles. The van der Waals surface area contributed by atoms with Crippen LogP contribution in [0.4, 0.5) is 0 Å². The van der Waals surface area contributed by atoms with Gasteiger partial charge in [0, 0.05) is 48.8 Å². The molecule has 1 aromatic carbocycles. The summed E-state index contributed by atoms with van der Waals surface area (Å²) in [6, 6.07) is -0.0447. The topological polar surface area (TPSA) is 361 Å². The summed E-state index contributed by atoms with van der Waals surface area (Å²) >= 11 is 0. The summed E-state index contributed by atoms with van der Waals surface area (Å²) in [5.74, 6) is -9.08. The molecule has 2 unspecified atom stereocenters. The van der Waals surface area contributed by atoms with Gasteiger partial charge in [-0.3, -0.25) is 43.3 Å². The first-order valence-corrected chi connectivity index (χ1v) is 21.9. The van der Waals surface area contributed by atoms with Gasteiger partial charge < -0.3 is 58.8 Å². The first-order chi connectivity index (χ1) is 28.0. The molecule has 1 aromatic heterocycles. The number of carboxylic acid groups (broad SMARTS) is 1. The molecule has 4 rings (SSSR count). The number of rotatable bonds is 10. The number of amides is 7. The van der Waals surface area contributed by atoms with Gasteiger partial charge in [-0.2, -0.15) is 0 Å². The SMILES string of the molecule is NC(=O)[C@@H]1CS(=O)S(=O)CCC(=O)N[C@@H](CCCCN=C(N)N)C(=O)NCC(=O)N[C@@H](CC(=O)O)C(=O)N[C@@H](Cc2c[nH]c3ccccc23)C(=O)N2CCC[C@H]2C(=O)N1. The van der Waals surface area contributed by atoms with Crippen molar-refractivity contribution in [1.29, 1.82) is 0 Å². The van der Waals surface area contributed by atoms with Crippen molar-refractivity contribution in [3.63, 3.8) is 0 Å². The van der Waals surface area contributed by atoms with Crippen LogP contribution in [0.1, 0.15) is 50.5 Å². The molecule has 0 bridgehead atoms. The van der Waals surface area contributed by atoms with E-state index >= 15 is 0 Å². The number of nitrogens with zero attached hydrogens (tertiary/aromatic N) is 2. The molecule has 0 radical (unpaired) electrons. The quantitative estimate of drug-likeness (QED) is 0.0472. The Morgan fingerprint density at radius 2 is 1.59 bits per heavy atom. The van der Waals surface area contributed by atoms with Crippen LogP contribution in [0.2, 0.25) is 0 Å². The highest BCUT2D eigenvalue weighted by atomic mass is 33.1. The number of nitrogens with one attached hydrogen (secondary N) is 6. The van der Waals surface area contributed by atoms with Crippen LogP contribution in [0.3, 0.4) is 0 Å². The molecular weight excluding hydrogens is 815 g/mol. The number of unbranched alkanes of at least 4 members (excludes halogenated alkanes) is 1. The fourth-order valence-electron chi connectivity index (χ4n) is 6.56. The minimum atomic E-state index is -2.31. The van der Waals surface area contributed by atoms with Crippen LogP contribution in [0, 0.1) is 0 Å². The normalized spacial score (nSPS) is 25.8. The molecule has 0 spiro atoms. The van der Waals surface area contributed by atoms with Crippen molar-refractivity contribution < 1.29 is 51.9 Å². The molecule has 2 saturated heterocycles. The van der Waals surface area contributed by atoms with Crippen LogP contribution in [0.25, 0.3) is 10.9 Å². The van der Waals surface area contributed by atoms with Gasteiger partial charge in [-0.15, -0.1) is 0 Å². The van der Waals surface area contributed by atoms with Crippen molar-refractivity contribution in [2.45, 2.75) is 81.6 Å². The molecule has 13 N–H and O–H groups in total. The Hall–Kier alpha value is -5.91. The van der Waals surface area contributed by atoms with E-state index < -0.39 is 128 Å². The first kappa shape index (κ1) is 45.8. The average molecular weight is 864 g/mol. The van der Waals surface area contributed by atoms with E-state index in [0.717, 1.165) is 5.52 Å². The van der Waals surface area contributed by atoms with Gasteiger partial charge in [0.25, 0.3) is 0 Å². The second-order valence-electron chi connectivity index (χ2n) is 13.9. The summed E-state index contributed by atoms with van der Waals surface area (Å²) in [7, 11) is -4.54. The maximum absolute atomic E-state index is 14.3. The molecule has 3 heterocycles. The number of para-hydroxylation sites is 1. The minimum absolute atomic E-state index is 0.0299. The van der Waals surface area contributed by atoms with Crippen molar-refractivity contribution in [3.8, 4) is 0 Å². The monoisotopic (exact) mass is 863 g/mol. The summed E-state index contributed by atoms with van der Waals surface area (Å²) in [5.41, 5.74) is 17.5. The molecular formula is C35H49N11O11S2. The van der Waals surface area contributed by atoms with Crippen LogP contribution < -0.4 is 43.8 Å². The number of hydrogen-bond acceptors (Lipinski definition) is 11.